The van der Waals surface area contributed by atoms with Crippen molar-refractivity contribution in [3.05, 3.63) is 53.3 Å². The van der Waals surface area contributed by atoms with Gasteiger partial charge in [-0.05, 0) is 23.8 Å². The van der Waals surface area contributed by atoms with Crippen LogP contribution in [0, 0.1) is 5.82 Å². The van der Waals surface area contributed by atoms with Crippen molar-refractivity contribution in [1.82, 2.24) is 0 Å². The minimum atomic E-state index is -0.606. The lowest BCUT2D eigenvalue weighted by Gasteiger charge is -2.43. The molecule has 4 nitrogen and oxygen atoms in total. The van der Waals surface area contributed by atoms with E-state index in [1.807, 2.05) is 6.07 Å². The Morgan fingerprint density at radius 2 is 1.79 bits per heavy atom. The fraction of sp³-hybridized carbons (Fsp3) is 0.409. The molecular weight excluding hydrogens is 459 g/mol. The zero-order valence-electron chi connectivity index (χ0n) is 16.5. The van der Waals surface area contributed by atoms with Gasteiger partial charge in [-0.1, -0.05) is 35.9 Å². The molecule has 4 rings (SSSR count). The van der Waals surface area contributed by atoms with Gasteiger partial charge in [-0.15, -0.1) is 0 Å². The minimum absolute atomic E-state index is 0. The lowest BCUT2D eigenvalue weighted by Crippen LogP contribution is -3.00. The SMILES string of the molecule is C[N+]1(C)[C@@H]2CC[C@H]1C[C@@H](OC(=O)Nc1c(F)cccc1-c1cccc(Cl)c1)C2.[Br-]. The van der Waals surface area contributed by atoms with Crippen LogP contribution in [0.3, 0.4) is 0 Å². The number of quaternary nitrogens is 1. The molecule has 2 fully saturated rings. The Morgan fingerprint density at radius 3 is 2.45 bits per heavy atom. The van der Waals surface area contributed by atoms with E-state index in [0.717, 1.165) is 22.9 Å². The predicted octanol–water partition coefficient (Wildman–Crippen LogP) is 2.47. The van der Waals surface area contributed by atoms with Gasteiger partial charge < -0.3 is 26.2 Å². The molecule has 156 valence electrons. The number of hydrogen-bond donors (Lipinski definition) is 1. The Labute approximate surface area is 186 Å². The highest BCUT2D eigenvalue weighted by Crippen LogP contribution is 2.40. The normalized spacial score (nSPS) is 24.5. The van der Waals surface area contributed by atoms with Gasteiger partial charge in [0, 0.05) is 36.3 Å². The molecule has 2 saturated heterocycles. The standard InChI is InChI=1S/C22H24ClFN2O2.BrH/c1-26(2)16-9-10-17(26)13-18(12-16)28-22(27)25-21-19(7-4-8-20(21)24)14-5-3-6-15(23)11-14;/h3-8,11,16-18H,9-10,12-13H2,1-2H3;1H/t16-,17+,18+;. The van der Waals surface area contributed by atoms with E-state index in [4.69, 9.17) is 16.3 Å². The van der Waals surface area contributed by atoms with E-state index in [2.05, 4.69) is 19.4 Å². The molecule has 1 N–H and O–H groups in total. The van der Waals surface area contributed by atoms with Gasteiger partial charge in [-0.3, -0.25) is 5.32 Å². The summed E-state index contributed by atoms with van der Waals surface area (Å²) in [5, 5.41) is 3.18. The van der Waals surface area contributed by atoms with Crippen LogP contribution in [-0.4, -0.2) is 42.9 Å². The third kappa shape index (κ3) is 4.44. The molecule has 3 atom stereocenters. The van der Waals surface area contributed by atoms with Crippen molar-refractivity contribution in [3.63, 3.8) is 0 Å². The Hall–Kier alpha value is -1.63. The predicted molar refractivity (Wildman–Crippen MR) is 109 cm³/mol. The van der Waals surface area contributed by atoms with Crippen molar-refractivity contribution in [2.45, 2.75) is 43.9 Å². The van der Waals surface area contributed by atoms with E-state index in [1.54, 1.807) is 30.3 Å². The van der Waals surface area contributed by atoms with Gasteiger partial charge in [0.25, 0.3) is 0 Å². The first-order valence-electron chi connectivity index (χ1n) is 9.70. The first-order chi connectivity index (χ1) is 13.3. The van der Waals surface area contributed by atoms with E-state index in [1.165, 1.54) is 18.9 Å². The lowest BCUT2D eigenvalue weighted by atomic mass is 9.98. The molecule has 2 aromatic carbocycles. The van der Waals surface area contributed by atoms with E-state index in [9.17, 15) is 9.18 Å². The van der Waals surface area contributed by atoms with Gasteiger partial charge in [0.1, 0.15) is 11.9 Å². The second-order valence-corrected chi connectivity index (χ2v) is 8.75. The lowest BCUT2D eigenvalue weighted by molar-refractivity contribution is -0.931. The van der Waals surface area contributed by atoms with Crippen molar-refractivity contribution in [2.24, 2.45) is 0 Å². The van der Waals surface area contributed by atoms with E-state index >= 15 is 0 Å². The number of nitrogens with zero attached hydrogens (tertiary/aromatic N) is 1. The minimum Gasteiger partial charge on any atom is -1.00 e. The summed E-state index contributed by atoms with van der Waals surface area (Å²) < 4.78 is 21.2. The fourth-order valence-electron chi connectivity index (χ4n) is 4.76. The summed E-state index contributed by atoms with van der Waals surface area (Å²) >= 11 is 6.07. The van der Waals surface area contributed by atoms with Crippen LogP contribution in [0.1, 0.15) is 25.7 Å². The number of rotatable bonds is 3. The first kappa shape index (κ1) is 22.1. The third-order valence-electron chi connectivity index (χ3n) is 6.44. The summed E-state index contributed by atoms with van der Waals surface area (Å²) in [6.07, 6.45) is 3.33. The van der Waals surface area contributed by atoms with Crippen molar-refractivity contribution in [1.29, 1.82) is 0 Å². The van der Waals surface area contributed by atoms with Gasteiger partial charge in [-0.25, -0.2) is 9.18 Å². The average molecular weight is 484 g/mol. The quantitative estimate of drug-likeness (QED) is 0.681. The Bertz CT molecular complexity index is 892. The van der Waals surface area contributed by atoms with E-state index < -0.39 is 11.9 Å². The van der Waals surface area contributed by atoms with Gasteiger partial charge in [0.15, 0.2) is 0 Å². The van der Waals surface area contributed by atoms with E-state index in [0.29, 0.717) is 22.7 Å². The van der Waals surface area contributed by atoms with Gasteiger partial charge in [-0.2, -0.15) is 0 Å². The Balaban J connectivity index is 0.00000240. The number of halogens is 3. The maximum atomic E-state index is 14.5. The van der Waals surface area contributed by atoms with Crippen molar-refractivity contribution in [3.8, 4) is 11.1 Å². The Morgan fingerprint density at radius 1 is 1.14 bits per heavy atom. The summed E-state index contributed by atoms with van der Waals surface area (Å²) in [6, 6.07) is 12.9. The highest BCUT2D eigenvalue weighted by atomic mass is 79.9. The highest BCUT2D eigenvalue weighted by molar-refractivity contribution is 6.30. The van der Waals surface area contributed by atoms with Crippen molar-refractivity contribution in [2.75, 3.05) is 19.4 Å². The number of nitrogens with one attached hydrogen (secondary N) is 1. The molecule has 29 heavy (non-hydrogen) atoms. The van der Waals surface area contributed by atoms with Crippen LogP contribution in [0.25, 0.3) is 11.1 Å². The topological polar surface area (TPSA) is 38.3 Å². The monoisotopic (exact) mass is 482 g/mol. The van der Waals surface area contributed by atoms with Crippen LogP contribution in [-0.2, 0) is 4.74 Å². The molecule has 2 aromatic rings. The molecule has 0 unspecified atom stereocenters. The molecule has 2 heterocycles. The molecular formula is C22H25BrClFN2O2. The fourth-order valence-corrected chi connectivity index (χ4v) is 4.95. The second kappa shape index (κ2) is 8.62. The van der Waals surface area contributed by atoms with Crippen LogP contribution in [0.15, 0.2) is 42.5 Å². The number of amides is 1. The molecule has 0 radical (unpaired) electrons. The average Bonchev–Trinajstić information content (AvgIpc) is 2.81. The van der Waals surface area contributed by atoms with Crippen molar-refractivity contribution >= 4 is 23.4 Å². The molecule has 0 aromatic heterocycles. The van der Waals surface area contributed by atoms with Crippen LogP contribution in [0.5, 0.6) is 0 Å². The number of piperidine rings is 1. The second-order valence-electron chi connectivity index (χ2n) is 8.31. The van der Waals surface area contributed by atoms with Crippen LogP contribution >= 0.6 is 11.6 Å². The highest BCUT2D eigenvalue weighted by Gasteiger charge is 2.49. The maximum absolute atomic E-state index is 14.5. The maximum Gasteiger partial charge on any atom is 0.412 e. The molecule has 2 aliphatic rings. The van der Waals surface area contributed by atoms with Gasteiger partial charge >= 0.3 is 6.09 Å². The first-order valence-corrected chi connectivity index (χ1v) is 10.1. The summed E-state index contributed by atoms with van der Waals surface area (Å²) in [5.41, 5.74) is 1.42. The van der Waals surface area contributed by atoms with Crippen LogP contribution in [0.4, 0.5) is 14.9 Å². The zero-order valence-corrected chi connectivity index (χ0v) is 18.8. The van der Waals surface area contributed by atoms with Gasteiger partial charge in [0.2, 0.25) is 0 Å². The number of benzene rings is 2. The number of para-hydroxylation sites is 1. The van der Waals surface area contributed by atoms with Crippen LogP contribution < -0.4 is 22.3 Å². The number of carbonyl (C=O) groups excluding carboxylic acids is 1. The third-order valence-corrected chi connectivity index (χ3v) is 6.67. The number of ether oxygens (including phenoxy) is 1. The summed E-state index contributed by atoms with van der Waals surface area (Å²) in [4.78, 5) is 12.5. The molecule has 0 aliphatic carbocycles. The summed E-state index contributed by atoms with van der Waals surface area (Å²) in [5.74, 6) is -0.504. The van der Waals surface area contributed by atoms with Crippen molar-refractivity contribution < 1.29 is 35.4 Å². The number of anilines is 1. The number of hydrogen-bond acceptors (Lipinski definition) is 2. The molecule has 1 amide bonds. The van der Waals surface area contributed by atoms with Crippen LogP contribution in [0.2, 0.25) is 5.02 Å². The summed E-state index contributed by atoms with van der Waals surface area (Å²) in [7, 11) is 4.52. The molecule has 2 aliphatic heterocycles. The molecule has 0 spiro atoms. The molecule has 7 heteroatoms. The van der Waals surface area contributed by atoms with Gasteiger partial charge in [0.05, 0.1) is 31.9 Å². The smallest absolute Gasteiger partial charge is 0.412 e. The number of fused-ring (bicyclic) bond motifs is 2. The largest absolute Gasteiger partial charge is 1.00 e. The van der Waals surface area contributed by atoms with E-state index in [-0.39, 0.29) is 28.8 Å². The Kier molecular flexibility index (Phi) is 6.56. The molecule has 0 saturated carbocycles. The zero-order chi connectivity index (χ0) is 19.9. The molecule has 2 bridgehead atoms. The summed E-state index contributed by atoms with van der Waals surface area (Å²) in [6.45, 7) is 0. The number of carbonyl (C=O) groups is 1.